The van der Waals surface area contributed by atoms with E-state index in [9.17, 15) is 0 Å². The second kappa shape index (κ2) is 43.1. The van der Waals surface area contributed by atoms with Crippen LogP contribution in [-0.2, 0) is 27.5 Å². The molecular formula is C20H26N4Pt-4. The molecule has 0 fully saturated rings. The fourth-order valence-corrected chi connectivity index (χ4v) is 2.11. The van der Waals surface area contributed by atoms with Crippen molar-refractivity contribution in [2.45, 2.75) is 64.7 Å². The predicted octanol–water partition coefficient (Wildman–Crippen LogP) is 5.75. The molecule has 0 amide bonds. The molecule has 1 rings (SSSR count). The maximum atomic E-state index is 6.25. The smallest absolute Gasteiger partial charge is 0 e. The molecule has 0 aliphatic rings. The van der Waals surface area contributed by atoms with Crippen molar-refractivity contribution in [1.29, 1.82) is 21.0 Å². The minimum atomic E-state index is 0. The number of nitrogens with zero attached hydrogens (tertiary/aromatic N) is 4. The minimum Gasteiger partial charge on any atom is -0.512 e. The summed E-state index contributed by atoms with van der Waals surface area (Å²) >= 11 is 0. The number of aryl methyl sites for hydroxylation is 1. The van der Waals surface area contributed by atoms with Crippen LogP contribution in [0.5, 0.6) is 0 Å². The van der Waals surface area contributed by atoms with E-state index in [2.05, 4.69) is 37.3 Å². The molecule has 0 atom stereocenters. The monoisotopic (exact) mass is 517 g/mol. The first-order valence-electron chi connectivity index (χ1n) is 7.87. The molecule has 140 valence electrons. The molecule has 0 aromatic heterocycles. The van der Waals surface area contributed by atoms with Crippen LogP contribution in [0.4, 0.5) is 0 Å². The van der Waals surface area contributed by atoms with Gasteiger partial charge in [0.25, 0.3) is 0 Å². The van der Waals surface area contributed by atoms with Gasteiger partial charge < -0.3 is 47.3 Å². The second-order valence-electron chi connectivity index (χ2n) is 4.71. The van der Waals surface area contributed by atoms with Gasteiger partial charge >= 0.3 is 0 Å². The number of hydrogen-bond acceptors (Lipinski definition) is 4. The summed E-state index contributed by atoms with van der Waals surface area (Å²) in [5, 5.41) is 25.0. The number of unbranched alkanes of at least 4 members (excludes halogenated alkanes) is 7. The van der Waals surface area contributed by atoms with Gasteiger partial charge in [-0.15, -0.1) is 0 Å². The van der Waals surface area contributed by atoms with E-state index in [0.29, 0.717) is 0 Å². The van der Waals surface area contributed by atoms with E-state index in [1.54, 1.807) is 0 Å². The zero-order chi connectivity index (χ0) is 19.5. The van der Waals surface area contributed by atoms with Gasteiger partial charge in [0.05, 0.1) is 0 Å². The Bertz CT molecular complexity index is 372. The molecule has 0 saturated heterocycles. The van der Waals surface area contributed by atoms with Crippen molar-refractivity contribution in [3.8, 4) is 0 Å². The van der Waals surface area contributed by atoms with Crippen molar-refractivity contribution in [3.63, 3.8) is 0 Å². The van der Waals surface area contributed by atoms with Crippen molar-refractivity contribution in [1.82, 2.24) is 0 Å². The first-order chi connectivity index (χ1) is 11.9. The van der Waals surface area contributed by atoms with Gasteiger partial charge in [-0.1, -0.05) is 82.2 Å². The van der Waals surface area contributed by atoms with Crippen LogP contribution in [-0.4, -0.2) is 0 Å². The SMILES string of the molecule is CCCCCCCCCCc1ccccc1.[C-]#N.[C-]#N.[C-]#N.[C-]#N.[Pt]. The Morgan fingerprint density at radius 2 is 0.960 bits per heavy atom. The molecule has 1 aromatic carbocycles. The Kier molecular flexibility index (Phi) is 59.0. The van der Waals surface area contributed by atoms with Gasteiger partial charge in [-0.3, -0.25) is 0 Å². The van der Waals surface area contributed by atoms with Gasteiger partial charge in [0, 0.05) is 21.1 Å². The van der Waals surface area contributed by atoms with Crippen molar-refractivity contribution in [2.75, 3.05) is 0 Å². The molecule has 5 heteroatoms. The summed E-state index contributed by atoms with van der Waals surface area (Å²) in [5.41, 5.74) is 1.49. The van der Waals surface area contributed by atoms with Crippen molar-refractivity contribution in [3.05, 3.63) is 62.2 Å². The number of benzene rings is 1. The Morgan fingerprint density at radius 1 is 0.600 bits per heavy atom. The molecule has 0 aliphatic heterocycles. The van der Waals surface area contributed by atoms with Crippen LogP contribution >= 0.6 is 0 Å². The zero-order valence-electron chi connectivity index (χ0n) is 14.9. The van der Waals surface area contributed by atoms with Gasteiger partial charge in [-0.25, -0.2) is 0 Å². The molecule has 0 spiro atoms. The average Bonchev–Trinajstić information content (AvgIpc) is 2.71. The third-order valence-electron chi connectivity index (χ3n) is 3.16. The Labute approximate surface area is 169 Å². The van der Waals surface area contributed by atoms with Crippen molar-refractivity contribution in [2.24, 2.45) is 0 Å². The van der Waals surface area contributed by atoms with Crippen LogP contribution in [0.1, 0.15) is 63.9 Å². The Morgan fingerprint density at radius 3 is 1.36 bits per heavy atom. The maximum Gasteiger partial charge on any atom is 0 e. The summed E-state index contributed by atoms with van der Waals surface area (Å²) in [6.45, 7) is 21.3. The van der Waals surface area contributed by atoms with Gasteiger partial charge in [0.2, 0.25) is 0 Å². The molecule has 0 bridgehead atoms. The first kappa shape index (κ1) is 34.3. The van der Waals surface area contributed by atoms with Crippen LogP contribution in [0.25, 0.3) is 0 Å². The van der Waals surface area contributed by atoms with Crippen molar-refractivity contribution >= 4 is 0 Å². The third-order valence-corrected chi connectivity index (χ3v) is 3.16. The number of hydrogen-bond donors (Lipinski definition) is 0. The number of rotatable bonds is 9. The fourth-order valence-electron chi connectivity index (χ4n) is 2.11. The van der Waals surface area contributed by atoms with E-state index >= 15 is 0 Å². The zero-order valence-corrected chi connectivity index (χ0v) is 17.1. The molecular weight excluding hydrogens is 491 g/mol. The van der Waals surface area contributed by atoms with E-state index in [4.69, 9.17) is 47.3 Å². The fraction of sp³-hybridized carbons (Fsp3) is 0.500. The molecule has 0 unspecified atom stereocenters. The molecule has 4 nitrogen and oxygen atoms in total. The summed E-state index contributed by atoms with van der Waals surface area (Å²) in [7, 11) is 0. The van der Waals surface area contributed by atoms with E-state index in [1.807, 2.05) is 0 Å². The van der Waals surface area contributed by atoms with Crippen LogP contribution in [0.2, 0.25) is 0 Å². The summed E-state index contributed by atoms with van der Waals surface area (Å²) in [5.74, 6) is 0. The minimum absolute atomic E-state index is 0. The second-order valence-corrected chi connectivity index (χ2v) is 4.71. The molecule has 0 aliphatic carbocycles. The third kappa shape index (κ3) is 34.3. The largest absolute Gasteiger partial charge is 0.512 e. The van der Waals surface area contributed by atoms with Gasteiger partial charge in [0.1, 0.15) is 0 Å². The van der Waals surface area contributed by atoms with E-state index in [0.717, 1.165) is 0 Å². The maximum absolute atomic E-state index is 6.25. The first-order valence-corrected chi connectivity index (χ1v) is 7.87. The molecule has 1 aromatic rings. The van der Waals surface area contributed by atoms with E-state index < -0.39 is 0 Å². The van der Waals surface area contributed by atoms with Crippen LogP contribution in [0, 0.1) is 47.3 Å². The molecule has 0 radical (unpaired) electrons. The predicted molar refractivity (Wildman–Crippen MR) is 92.6 cm³/mol. The summed E-state index contributed by atoms with van der Waals surface area (Å²) in [6.07, 6.45) is 12.5. The summed E-state index contributed by atoms with van der Waals surface area (Å²) < 4.78 is 0. The molecule has 25 heavy (non-hydrogen) atoms. The van der Waals surface area contributed by atoms with Gasteiger partial charge in [-0.2, -0.15) is 0 Å². The van der Waals surface area contributed by atoms with Crippen molar-refractivity contribution < 1.29 is 21.1 Å². The Balaban J connectivity index is -0.000000130. The van der Waals surface area contributed by atoms with Crippen LogP contribution in [0.3, 0.4) is 0 Å². The standard InChI is InChI=1S/C16H26.4CN.Pt/c1-2-3-4-5-6-7-8-10-13-16-14-11-9-12-15-16;4*1-2;/h9,11-12,14-15H,2-8,10,13H2,1H3;;;;;/q;4*-1;. The normalized spacial score (nSPS) is 7.08. The quantitative estimate of drug-likeness (QED) is 0.308. The summed E-state index contributed by atoms with van der Waals surface area (Å²) in [4.78, 5) is 0. The van der Waals surface area contributed by atoms with E-state index in [-0.39, 0.29) is 21.1 Å². The van der Waals surface area contributed by atoms with Crippen LogP contribution < -0.4 is 0 Å². The van der Waals surface area contributed by atoms with Gasteiger partial charge in [-0.05, 0) is 18.4 Å². The molecule has 0 N–H and O–H groups in total. The Hall–Kier alpha value is -2.13. The average molecular weight is 518 g/mol. The topological polar surface area (TPSA) is 95.2 Å². The molecule has 0 saturated carbocycles. The van der Waals surface area contributed by atoms with E-state index in [1.165, 1.54) is 63.4 Å². The van der Waals surface area contributed by atoms with Crippen LogP contribution in [0.15, 0.2) is 30.3 Å². The summed E-state index contributed by atoms with van der Waals surface area (Å²) in [6, 6.07) is 10.8. The van der Waals surface area contributed by atoms with Gasteiger partial charge in [0.15, 0.2) is 0 Å². The molecule has 0 heterocycles.